The topological polar surface area (TPSA) is 12.0 Å². The monoisotopic (exact) mass is 229 g/mol. The molecule has 1 atom stereocenters. The largest absolute Gasteiger partial charge is 0.316 e. The lowest BCUT2D eigenvalue weighted by atomic mass is 9.80. The van der Waals surface area contributed by atoms with Crippen molar-refractivity contribution in [2.75, 3.05) is 7.05 Å². The van der Waals surface area contributed by atoms with Crippen LogP contribution in [0.1, 0.15) is 44.1 Å². The van der Waals surface area contributed by atoms with Gasteiger partial charge in [0.05, 0.1) is 0 Å². The third kappa shape index (κ3) is 1.91. The van der Waals surface area contributed by atoms with E-state index >= 15 is 0 Å². The van der Waals surface area contributed by atoms with E-state index in [0.717, 1.165) is 5.92 Å². The first-order valence-electron chi connectivity index (χ1n) is 7.09. The van der Waals surface area contributed by atoms with Crippen LogP contribution >= 0.6 is 0 Å². The Balaban J connectivity index is 1.86. The van der Waals surface area contributed by atoms with Crippen molar-refractivity contribution in [1.82, 2.24) is 5.32 Å². The van der Waals surface area contributed by atoms with E-state index in [2.05, 4.69) is 42.7 Å². The van der Waals surface area contributed by atoms with E-state index in [4.69, 9.17) is 0 Å². The van der Waals surface area contributed by atoms with Crippen LogP contribution in [0.2, 0.25) is 0 Å². The molecule has 0 spiro atoms. The Morgan fingerprint density at radius 3 is 2.29 bits per heavy atom. The van der Waals surface area contributed by atoms with Crippen LogP contribution in [-0.2, 0) is 5.41 Å². The van der Waals surface area contributed by atoms with Crippen molar-refractivity contribution in [3.8, 4) is 0 Å². The molecule has 1 nitrogen and oxygen atoms in total. The lowest BCUT2D eigenvalue weighted by Crippen LogP contribution is -2.43. The number of likely N-dealkylation sites (N-methyl/N-ethyl adjacent to an activating group) is 1. The molecule has 1 heteroatoms. The third-order valence-corrected chi connectivity index (χ3v) is 4.91. The van der Waals surface area contributed by atoms with Crippen molar-refractivity contribution >= 4 is 0 Å². The molecule has 2 aliphatic rings. The highest BCUT2D eigenvalue weighted by molar-refractivity contribution is 5.34. The lowest BCUT2D eigenvalue weighted by molar-refractivity contribution is 0.312. The van der Waals surface area contributed by atoms with Gasteiger partial charge >= 0.3 is 0 Å². The Bertz CT molecular complexity index is 360. The minimum Gasteiger partial charge on any atom is -0.316 e. The van der Waals surface area contributed by atoms with Gasteiger partial charge in [-0.05, 0) is 44.2 Å². The molecule has 17 heavy (non-hydrogen) atoms. The Morgan fingerprint density at radius 1 is 1.12 bits per heavy atom. The van der Waals surface area contributed by atoms with Gasteiger partial charge in [-0.2, -0.15) is 0 Å². The summed E-state index contributed by atoms with van der Waals surface area (Å²) in [5, 5.41) is 3.65. The maximum absolute atomic E-state index is 3.65. The quantitative estimate of drug-likeness (QED) is 0.833. The van der Waals surface area contributed by atoms with E-state index in [0.29, 0.717) is 11.5 Å². The van der Waals surface area contributed by atoms with Gasteiger partial charge in [-0.15, -0.1) is 0 Å². The van der Waals surface area contributed by atoms with Crippen LogP contribution in [-0.4, -0.2) is 13.1 Å². The van der Waals surface area contributed by atoms with Gasteiger partial charge in [0.15, 0.2) is 0 Å². The predicted molar refractivity (Wildman–Crippen MR) is 72.2 cm³/mol. The molecule has 2 aliphatic carbocycles. The molecule has 1 aromatic carbocycles. The van der Waals surface area contributed by atoms with Gasteiger partial charge in [0.25, 0.3) is 0 Å². The smallest absolute Gasteiger partial charge is 0.0189 e. The number of rotatable bonds is 4. The third-order valence-electron chi connectivity index (χ3n) is 4.91. The molecule has 0 aromatic heterocycles. The number of hydrogen-bond donors (Lipinski definition) is 1. The fraction of sp³-hybridized carbons (Fsp3) is 0.625. The van der Waals surface area contributed by atoms with Gasteiger partial charge in [-0.3, -0.25) is 0 Å². The van der Waals surface area contributed by atoms with E-state index in [9.17, 15) is 0 Å². The van der Waals surface area contributed by atoms with E-state index in [1.54, 1.807) is 5.56 Å². The summed E-state index contributed by atoms with van der Waals surface area (Å²) in [5.41, 5.74) is 2.02. The second kappa shape index (κ2) is 4.45. The van der Waals surface area contributed by atoms with Crippen LogP contribution in [0.5, 0.6) is 0 Å². The van der Waals surface area contributed by atoms with Crippen LogP contribution in [0.4, 0.5) is 0 Å². The SMILES string of the molecule is CNC(C1CCCC1)C1(c2ccccc2)CC1. The fourth-order valence-electron chi connectivity index (χ4n) is 3.94. The van der Waals surface area contributed by atoms with Crippen molar-refractivity contribution in [3.05, 3.63) is 35.9 Å². The van der Waals surface area contributed by atoms with Crippen molar-refractivity contribution in [3.63, 3.8) is 0 Å². The highest BCUT2D eigenvalue weighted by Gasteiger charge is 2.52. The first-order valence-corrected chi connectivity index (χ1v) is 7.09. The van der Waals surface area contributed by atoms with Gasteiger partial charge in [0, 0.05) is 11.5 Å². The molecule has 1 N–H and O–H groups in total. The molecular formula is C16H23N. The Labute approximate surface area is 105 Å². The highest BCUT2D eigenvalue weighted by Crippen LogP contribution is 2.54. The van der Waals surface area contributed by atoms with E-state index in [-0.39, 0.29) is 0 Å². The van der Waals surface area contributed by atoms with Gasteiger partial charge in [0.2, 0.25) is 0 Å². The van der Waals surface area contributed by atoms with Crippen LogP contribution in [0.3, 0.4) is 0 Å². The molecule has 1 unspecified atom stereocenters. The maximum Gasteiger partial charge on any atom is 0.0189 e. The van der Waals surface area contributed by atoms with Gasteiger partial charge in [0.1, 0.15) is 0 Å². The summed E-state index contributed by atoms with van der Waals surface area (Å²) < 4.78 is 0. The molecule has 0 bridgehead atoms. The molecule has 1 aromatic rings. The minimum atomic E-state index is 0.463. The van der Waals surface area contributed by atoms with Gasteiger partial charge in [-0.25, -0.2) is 0 Å². The van der Waals surface area contributed by atoms with Crippen LogP contribution < -0.4 is 5.32 Å². The molecule has 3 rings (SSSR count). The number of benzene rings is 1. The fourth-order valence-corrected chi connectivity index (χ4v) is 3.94. The average molecular weight is 229 g/mol. The summed E-state index contributed by atoms with van der Waals surface area (Å²) in [4.78, 5) is 0. The van der Waals surface area contributed by atoms with Crippen LogP contribution in [0.15, 0.2) is 30.3 Å². The first-order chi connectivity index (χ1) is 8.37. The zero-order valence-corrected chi connectivity index (χ0v) is 10.8. The molecule has 0 radical (unpaired) electrons. The average Bonchev–Trinajstić information content (AvgIpc) is 3.00. The minimum absolute atomic E-state index is 0.463. The van der Waals surface area contributed by atoms with E-state index in [1.807, 2.05) is 0 Å². The van der Waals surface area contributed by atoms with Crippen molar-refractivity contribution < 1.29 is 0 Å². The van der Waals surface area contributed by atoms with E-state index < -0.39 is 0 Å². The molecular weight excluding hydrogens is 206 g/mol. The lowest BCUT2D eigenvalue weighted by Gasteiger charge is -2.32. The summed E-state index contributed by atoms with van der Waals surface area (Å²) in [6.07, 6.45) is 8.49. The molecule has 92 valence electrons. The summed E-state index contributed by atoms with van der Waals surface area (Å²) in [5.74, 6) is 0.905. The molecule has 2 saturated carbocycles. The number of hydrogen-bond acceptors (Lipinski definition) is 1. The highest BCUT2D eigenvalue weighted by atomic mass is 14.9. The zero-order valence-electron chi connectivity index (χ0n) is 10.8. The maximum atomic E-state index is 3.65. The van der Waals surface area contributed by atoms with Crippen molar-refractivity contribution in [2.45, 2.75) is 50.0 Å². The van der Waals surface area contributed by atoms with E-state index in [1.165, 1.54) is 38.5 Å². The summed E-state index contributed by atoms with van der Waals surface area (Å²) >= 11 is 0. The van der Waals surface area contributed by atoms with Gasteiger partial charge < -0.3 is 5.32 Å². The zero-order chi connectivity index (χ0) is 11.7. The summed E-state index contributed by atoms with van der Waals surface area (Å²) in [6.45, 7) is 0. The first kappa shape index (κ1) is 11.3. The Kier molecular flexibility index (Phi) is 2.96. The summed E-state index contributed by atoms with van der Waals surface area (Å²) in [6, 6.07) is 11.9. The van der Waals surface area contributed by atoms with Crippen molar-refractivity contribution in [2.24, 2.45) is 5.92 Å². The molecule has 0 aliphatic heterocycles. The second-order valence-electron chi connectivity index (χ2n) is 5.83. The summed E-state index contributed by atoms with van der Waals surface area (Å²) in [7, 11) is 2.16. The van der Waals surface area contributed by atoms with Crippen LogP contribution in [0, 0.1) is 5.92 Å². The molecule has 0 amide bonds. The van der Waals surface area contributed by atoms with Gasteiger partial charge in [-0.1, -0.05) is 43.2 Å². The second-order valence-corrected chi connectivity index (χ2v) is 5.83. The van der Waals surface area contributed by atoms with Crippen LogP contribution in [0.25, 0.3) is 0 Å². The molecule has 0 saturated heterocycles. The Morgan fingerprint density at radius 2 is 1.76 bits per heavy atom. The molecule has 0 heterocycles. The number of nitrogens with one attached hydrogen (secondary N) is 1. The normalized spacial score (nSPS) is 24.8. The molecule has 2 fully saturated rings. The predicted octanol–water partition coefficient (Wildman–Crippen LogP) is 3.50. The standard InChI is InChI=1S/C16H23N/c1-17-15(13-7-5-6-8-13)16(11-12-16)14-9-3-2-4-10-14/h2-4,9-10,13,15,17H,5-8,11-12H2,1H3. The Hall–Kier alpha value is -0.820. The van der Waals surface area contributed by atoms with Crippen molar-refractivity contribution in [1.29, 1.82) is 0 Å².